The third-order valence-corrected chi connectivity index (χ3v) is 2.90. The Morgan fingerprint density at radius 1 is 1.52 bits per heavy atom. The fraction of sp³-hybridized carbons (Fsp3) is 0.571. The van der Waals surface area contributed by atoms with Crippen LogP contribution >= 0.6 is 0 Å². The molecule has 1 rings (SSSR count). The maximum atomic E-state index is 11.8. The van der Waals surface area contributed by atoms with Crippen molar-refractivity contribution in [2.45, 2.75) is 32.6 Å². The highest BCUT2D eigenvalue weighted by Crippen LogP contribution is 2.13. The van der Waals surface area contributed by atoms with E-state index in [-0.39, 0.29) is 13.2 Å². The van der Waals surface area contributed by atoms with Crippen molar-refractivity contribution >= 4 is 0 Å². The number of nitrogens with zero attached hydrogens (tertiary/aromatic N) is 1. The number of rotatable bonds is 9. The lowest BCUT2D eigenvalue weighted by molar-refractivity contribution is -0.105. The predicted molar refractivity (Wildman–Crippen MR) is 78.4 cm³/mol. The lowest BCUT2D eigenvalue weighted by atomic mass is 10.3. The summed E-state index contributed by atoms with van der Waals surface area (Å²) in [7, 11) is 0. The molecular weight excluding hydrogens is 276 g/mol. The van der Waals surface area contributed by atoms with Crippen LogP contribution in [-0.4, -0.2) is 40.6 Å². The normalized spacial score (nSPS) is 13.9. The fourth-order valence-electron chi connectivity index (χ4n) is 1.80. The van der Waals surface area contributed by atoms with Crippen LogP contribution < -0.4 is 11.2 Å². The molecule has 1 heterocycles. The van der Waals surface area contributed by atoms with Gasteiger partial charge in [-0.1, -0.05) is 13.0 Å². The number of aliphatic hydroxyl groups excluding tert-OH is 1. The molecule has 0 radical (unpaired) electrons. The molecule has 0 saturated heterocycles. The molecule has 21 heavy (non-hydrogen) atoms. The van der Waals surface area contributed by atoms with Crippen LogP contribution in [0.25, 0.3) is 0 Å². The van der Waals surface area contributed by atoms with Crippen LogP contribution in [0.3, 0.4) is 0 Å². The smallest absolute Gasteiger partial charge is 0.330 e. The largest absolute Gasteiger partial charge is 0.394 e. The quantitative estimate of drug-likeness (QED) is 0.506. The number of aryl methyl sites for hydroxylation is 1. The van der Waals surface area contributed by atoms with E-state index < -0.39 is 23.6 Å². The molecule has 0 amide bonds. The zero-order valence-corrected chi connectivity index (χ0v) is 12.4. The number of nitrogens with one attached hydrogen (secondary N) is 1. The maximum absolute atomic E-state index is 11.8. The minimum Gasteiger partial charge on any atom is -0.394 e. The third kappa shape index (κ3) is 4.96. The van der Waals surface area contributed by atoms with Gasteiger partial charge in [-0.15, -0.1) is 6.58 Å². The number of hydrogen-bond donors (Lipinski definition) is 2. The Hall–Kier alpha value is -1.70. The van der Waals surface area contributed by atoms with Gasteiger partial charge in [0.05, 0.1) is 19.8 Å². The monoisotopic (exact) mass is 298 g/mol. The van der Waals surface area contributed by atoms with E-state index >= 15 is 0 Å². The van der Waals surface area contributed by atoms with Gasteiger partial charge in [0, 0.05) is 11.8 Å². The minimum absolute atomic E-state index is 0.191. The molecule has 0 aliphatic carbocycles. The number of aliphatic hydroxyl groups is 1. The first kappa shape index (κ1) is 17.4. The molecule has 1 aromatic rings. The second kappa shape index (κ2) is 8.56. The Morgan fingerprint density at radius 2 is 2.24 bits per heavy atom. The van der Waals surface area contributed by atoms with Crippen LogP contribution in [0.4, 0.5) is 0 Å². The van der Waals surface area contributed by atoms with E-state index in [0.717, 1.165) is 0 Å². The highest BCUT2D eigenvalue weighted by Gasteiger charge is 2.18. The Bertz CT molecular complexity index is 563. The van der Waals surface area contributed by atoms with E-state index in [4.69, 9.17) is 9.47 Å². The van der Waals surface area contributed by atoms with E-state index in [1.807, 2.05) is 6.92 Å². The number of aromatic nitrogens is 2. The first-order valence-corrected chi connectivity index (χ1v) is 6.80. The summed E-state index contributed by atoms with van der Waals surface area (Å²) in [4.78, 5) is 25.5. The molecule has 118 valence electrons. The standard InChI is InChI=1S/C14H22N2O5/c1-4-6-20-9-11(8-17)21-12(5-2)16-7-10(3)13(18)15-14(16)19/h4,7,11-12,17H,1,5-6,8-9H2,2-3H3,(H,15,18,19)/t11-,12-/m1/s1. The first-order chi connectivity index (χ1) is 10.0. The van der Waals surface area contributed by atoms with Crippen LogP contribution in [0.2, 0.25) is 0 Å². The average molecular weight is 298 g/mol. The van der Waals surface area contributed by atoms with Gasteiger partial charge in [0.1, 0.15) is 12.3 Å². The summed E-state index contributed by atoms with van der Waals surface area (Å²) in [6.07, 6.45) is 2.41. The van der Waals surface area contributed by atoms with E-state index in [1.165, 1.54) is 10.8 Å². The SMILES string of the molecule is C=CCOC[C@@H](CO)O[C@H](CC)n1cc(C)c(=O)[nH]c1=O. The second-order valence-electron chi connectivity index (χ2n) is 4.61. The highest BCUT2D eigenvalue weighted by atomic mass is 16.6. The molecule has 0 aliphatic rings. The summed E-state index contributed by atoms with van der Waals surface area (Å²) in [6.45, 7) is 7.30. The molecule has 0 spiro atoms. The van der Waals surface area contributed by atoms with Crippen LogP contribution in [0.1, 0.15) is 25.1 Å². The lowest BCUT2D eigenvalue weighted by Crippen LogP contribution is -2.37. The van der Waals surface area contributed by atoms with Crippen molar-refractivity contribution in [1.29, 1.82) is 0 Å². The molecule has 0 saturated carbocycles. The topological polar surface area (TPSA) is 93.5 Å². The fourth-order valence-corrected chi connectivity index (χ4v) is 1.80. The van der Waals surface area contributed by atoms with Crippen LogP contribution in [-0.2, 0) is 9.47 Å². The summed E-state index contributed by atoms with van der Waals surface area (Å²) < 4.78 is 12.2. The van der Waals surface area contributed by atoms with Gasteiger partial charge in [-0.3, -0.25) is 14.3 Å². The van der Waals surface area contributed by atoms with Crippen LogP contribution in [0, 0.1) is 6.92 Å². The van der Waals surface area contributed by atoms with E-state index in [0.29, 0.717) is 18.6 Å². The zero-order valence-electron chi connectivity index (χ0n) is 12.4. The van der Waals surface area contributed by atoms with Crippen molar-refractivity contribution in [3.05, 3.63) is 45.3 Å². The Balaban J connectivity index is 2.87. The van der Waals surface area contributed by atoms with Crippen molar-refractivity contribution in [2.75, 3.05) is 19.8 Å². The molecular formula is C14H22N2O5. The van der Waals surface area contributed by atoms with Crippen LogP contribution in [0.15, 0.2) is 28.4 Å². The van der Waals surface area contributed by atoms with Crippen molar-refractivity contribution in [1.82, 2.24) is 9.55 Å². The van der Waals surface area contributed by atoms with E-state index in [9.17, 15) is 14.7 Å². The van der Waals surface area contributed by atoms with Gasteiger partial charge in [0.15, 0.2) is 0 Å². The predicted octanol–water partition coefficient (Wildman–Crippen LogP) is 0.334. The maximum Gasteiger partial charge on any atom is 0.330 e. The number of aromatic amines is 1. The first-order valence-electron chi connectivity index (χ1n) is 6.80. The van der Waals surface area contributed by atoms with Gasteiger partial charge in [-0.25, -0.2) is 4.79 Å². The molecule has 7 heteroatoms. The van der Waals surface area contributed by atoms with Crippen molar-refractivity contribution in [2.24, 2.45) is 0 Å². The van der Waals surface area contributed by atoms with Gasteiger partial charge in [-0.2, -0.15) is 0 Å². The third-order valence-electron chi connectivity index (χ3n) is 2.90. The summed E-state index contributed by atoms with van der Waals surface area (Å²) in [5.74, 6) is 0. The summed E-state index contributed by atoms with van der Waals surface area (Å²) in [6, 6.07) is 0. The summed E-state index contributed by atoms with van der Waals surface area (Å²) in [5.41, 5.74) is -0.541. The molecule has 0 aliphatic heterocycles. The Labute approximate surface area is 122 Å². The summed E-state index contributed by atoms with van der Waals surface area (Å²) >= 11 is 0. The van der Waals surface area contributed by atoms with Gasteiger partial charge >= 0.3 is 5.69 Å². The second-order valence-corrected chi connectivity index (χ2v) is 4.61. The molecule has 2 N–H and O–H groups in total. The van der Waals surface area contributed by atoms with E-state index in [2.05, 4.69) is 11.6 Å². The molecule has 2 atom stereocenters. The molecule has 0 bridgehead atoms. The molecule has 0 unspecified atom stereocenters. The Kier molecular flexibility index (Phi) is 7.07. The molecule has 7 nitrogen and oxygen atoms in total. The van der Waals surface area contributed by atoms with Crippen molar-refractivity contribution < 1.29 is 14.6 Å². The zero-order chi connectivity index (χ0) is 15.8. The van der Waals surface area contributed by atoms with Crippen molar-refractivity contribution in [3.63, 3.8) is 0 Å². The highest BCUT2D eigenvalue weighted by molar-refractivity contribution is 5.01. The Morgan fingerprint density at radius 3 is 2.81 bits per heavy atom. The molecule has 0 aromatic carbocycles. The summed E-state index contributed by atoms with van der Waals surface area (Å²) in [5, 5.41) is 9.31. The van der Waals surface area contributed by atoms with Gasteiger partial charge < -0.3 is 14.6 Å². The van der Waals surface area contributed by atoms with Crippen molar-refractivity contribution in [3.8, 4) is 0 Å². The lowest BCUT2D eigenvalue weighted by Gasteiger charge is -2.24. The minimum atomic E-state index is -0.586. The van der Waals surface area contributed by atoms with Gasteiger partial charge in [-0.05, 0) is 13.3 Å². The number of ether oxygens (including phenoxy) is 2. The van der Waals surface area contributed by atoms with Crippen LogP contribution in [0.5, 0.6) is 0 Å². The van der Waals surface area contributed by atoms with Gasteiger partial charge in [0.2, 0.25) is 0 Å². The number of hydrogen-bond acceptors (Lipinski definition) is 5. The molecule has 0 fully saturated rings. The van der Waals surface area contributed by atoms with Gasteiger partial charge in [0.25, 0.3) is 5.56 Å². The molecule has 1 aromatic heterocycles. The average Bonchev–Trinajstić information content (AvgIpc) is 2.47. The van der Waals surface area contributed by atoms with E-state index in [1.54, 1.807) is 13.0 Å². The number of H-pyrrole nitrogens is 1.